The Kier molecular flexibility index (Phi) is 2.65. The SMILES string of the molecule is NCCC=Cc1ccc2cc[nH]c2c1. The van der Waals surface area contributed by atoms with Crippen molar-refractivity contribution in [3.05, 3.63) is 42.1 Å². The predicted octanol–water partition coefficient (Wildman–Crippen LogP) is 2.53. The minimum absolute atomic E-state index is 0.710. The van der Waals surface area contributed by atoms with E-state index in [1.54, 1.807) is 0 Å². The third-order valence-corrected chi connectivity index (χ3v) is 2.22. The lowest BCUT2D eigenvalue weighted by molar-refractivity contribution is 1.01. The third kappa shape index (κ3) is 1.86. The van der Waals surface area contributed by atoms with Gasteiger partial charge >= 0.3 is 0 Å². The first-order chi connectivity index (χ1) is 6.90. The van der Waals surface area contributed by atoms with Crippen LogP contribution in [-0.4, -0.2) is 11.5 Å². The highest BCUT2D eigenvalue weighted by Crippen LogP contribution is 2.15. The van der Waals surface area contributed by atoms with Gasteiger partial charge < -0.3 is 10.7 Å². The van der Waals surface area contributed by atoms with Crippen molar-refractivity contribution < 1.29 is 0 Å². The Morgan fingerprint density at radius 1 is 1.29 bits per heavy atom. The van der Waals surface area contributed by atoms with Gasteiger partial charge in [0.1, 0.15) is 0 Å². The molecule has 0 bridgehead atoms. The van der Waals surface area contributed by atoms with Gasteiger partial charge in [0.05, 0.1) is 0 Å². The number of fused-ring (bicyclic) bond motifs is 1. The number of nitrogens with one attached hydrogen (secondary N) is 1. The van der Waals surface area contributed by atoms with Crippen molar-refractivity contribution >= 4 is 17.0 Å². The van der Waals surface area contributed by atoms with E-state index < -0.39 is 0 Å². The van der Waals surface area contributed by atoms with Crippen molar-refractivity contribution in [2.24, 2.45) is 5.73 Å². The number of hydrogen-bond acceptors (Lipinski definition) is 1. The molecule has 0 aliphatic heterocycles. The summed E-state index contributed by atoms with van der Waals surface area (Å²) < 4.78 is 0. The van der Waals surface area contributed by atoms with E-state index in [0.717, 1.165) is 6.42 Å². The minimum atomic E-state index is 0.710. The molecule has 2 aromatic rings. The van der Waals surface area contributed by atoms with Crippen LogP contribution in [0.15, 0.2) is 36.5 Å². The van der Waals surface area contributed by atoms with Crippen molar-refractivity contribution in [3.8, 4) is 0 Å². The molecular weight excluding hydrogens is 172 g/mol. The van der Waals surface area contributed by atoms with Crippen LogP contribution in [0, 0.1) is 0 Å². The molecule has 0 spiro atoms. The maximum Gasteiger partial charge on any atom is 0.0459 e. The van der Waals surface area contributed by atoms with Crippen molar-refractivity contribution in [2.75, 3.05) is 6.54 Å². The summed E-state index contributed by atoms with van der Waals surface area (Å²) in [5, 5.41) is 1.25. The molecule has 14 heavy (non-hydrogen) atoms. The van der Waals surface area contributed by atoms with Gasteiger partial charge in [-0.05, 0) is 36.0 Å². The van der Waals surface area contributed by atoms with Crippen LogP contribution in [0.2, 0.25) is 0 Å². The summed E-state index contributed by atoms with van der Waals surface area (Å²) in [5.74, 6) is 0. The molecule has 2 rings (SSSR count). The highest BCUT2D eigenvalue weighted by atomic mass is 14.7. The summed E-state index contributed by atoms with van der Waals surface area (Å²) in [6, 6.07) is 8.45. The third-order valence-electron chi connectivity index (χ3n) is 2.22. The number of aromatic amines is 1. The molecular formula is C12H14N2. The lowest BCUT2D eigenvalue weighted by atomic mass is 10.1. The van der Waals surface area contributed by atoms with E-state index in [1.165, 1.54) is 16.5 Å². The second-order valence-electron chi connectivity index (χ2n) is 3.30. The lowest BCUT2D eigenvalue weighted by Gasteiger charge is -1.94. The minimum Gasteiger partial charge on any atom is -0.361 e. The second kappa shape index (κ2) is 4.11. The molecule has 0 saturated carbocycles. The zero-order valence-electron chi connectivity index (χ0n) is 8.03. The molecule has 0 atom stereocenters. The van der Waals surface area contributed by atoms with Crippen molar-refractivity contribution in [1.82, 2.24) is 4.98 Å². The second-order valence-corrected chi connectivity index (χ2v) is 3.30. The molecule has 2 heteroatoms. The highest BCUT2D eigenvalue weighted by Gasteiger charge is 1.93. The normalized spacial score (nSPS) is 11.5. The van der Waals surface area contributed by atoms with Crippen LogP contribution in [-0.2, 0) is 0 Å². The fraction of sp³-hybridized carbons (Fsp3) is 0.167. The zero-order valence-corrected chi connectivity index (χ0v) is 8.03. The van der Waals surface area contributed by atoms with Gasteiger partial charge in [-0.25, -0.2) is 0 Å². The van der Waals surface area contributed by atoms with Crippen LogP contribution < -0.4 is 5.73 Å². The molecule has 72 valence electrons. The number of aromatic nitrogens is 1. The molecule has 0 unspecified atom stereocenters. The first-order valence-corrected chi connectivity index (χ1v) is 4.84. The first kappa shape index (κ1) is 9.03. The first-order valence-electron chi connectivity index (χ1n) is 4.84. The molecule has 0 radical (unpaired) electrons. The van der Waals surface area contributed by atoms with Gasteiger partial charge in [0.15, 0.2) is 0 Å². The van der Waals surface area contributed by atoms with E-state index in [9.17, 15) is 0 Å². The Labute approximate surface area is 83.4 Å². The number of H-pyrrole nitrogens is 1. The van der Waals surface area contributed by atoms with Crippen LogP contribution in [0.1, 0.15) is 12.0 Å². The Hall–Kier alpha value is -1.54. The van der Waals surface area contributed by atoms with E-state index in [0.29, 0.717) is 6.54 Å². The van der Waals surface area contributed by atoms with Crippen LogP contribution in [0.4, 0.5) is 0 Å². The topological polar surface area (TPSA) is 41.8 Å². The van der Waals surface area contributed by atoms with Crippen LogP contribution >= 0.6 is 0 Å². The fourth-order valence-electron chi connectivity index (χ4n) is 1.48. The number of benzene rings is 1. The molecule has 0 amide bonds. The average Bonchev–Trinajstić information content (AvgIpc) is 2.65. The van der Waals surface area contributed by atoms with Gasteiger partial charge in [-0.2, -0.15) is 0 Å². The summed E-state index contributed by atoms with van der Waals surface area (Å²) in [4.78, 5) is 3.19. The molecule has 1 heterocycles. The Morgan fingerprint density at radius 2 is 2.21 bits per heavy atom. The van der Waals surface area contributed by atoms with Gasteiger partial charge in [-0.3, -0.25) is 0 Å². The fourth-order valence-corrected chi connectivity index (χ4v) is 1.48. The zero-order chi connectivity index (χ0) is 9.80. The van der Waals surface area contributed by atoms with Crippen molar-refractivity contribution in [3.63, 3.8) is 0 Å². The summed E-state index contributed by atoms with van der Waals surface area (Å²) >= 11 is 0. The smallest absolute Gasteiger partial charge is 0.0459 e. The van der Waals surface area contributed by atoms with Gasteiger partial charge in [-0.1, -0.05) is 24.3 Å². The number of nitrogens with two attached hydrogens (primary N) is 1. The molecule has 0 aliphatic carbocycles. The quantitative estimate of drug-likeness (QED) is 0.760. The molecule has 1 aromatic carbocycles. The maximum absolute atomic E-state index is 5.41. The van der Waals surface area contributed by atoms with E-state index in [-0.39, 0.29) is 0 Å². The molecule has 1 aromatic heterocycles. The van der Waals surface area contributed by atoms with Gasteiger partial charge in [0, 0.05) is 11.7 Å². The summed E-state index contributed by atoms with van der Waals surface area (Å²) in [6.45, 7) is 0.710. The predicted molar refractivity (Wildman–Crippen MR) is 61.0 cm³/mol. The number of rotatable bonds is 3. The monoisotopic (exact) mass is 186 g/mol. The van der Waals surface area contributed by atoms with E-state index in [1.807, 2.05) is 6.20 Å². The standard InChI is InChI=1S/C12H14N2/c13-7-2-1-3-10-4-5-11-6-8-14-12(11)9-10/h1,3-6,8-9,14H,2,7,13H2. The summed E-state index contributed by atoms with van der Waals surface area (Å²) in [5.41, 5.74) is 7.81. The van der Waals surface area contributed by atoms with Crippen molar-refractivity contribution in [2.45, 2.75) is 6.42 Å². The number of hydrogen-bond donors (Lipinski definition) is 2. The Morgan fingerprint density at radius 3 is 3.07 bits per heavy atom. The van der Waals surface area contributed by atoms with E-state index >= 15 is 0 Å². The molecule has 2 nitrogen and oxygen atoms in total. The Bertz CT molecular complexity index is 440. The van der Waals surface area contributed by atoms with Gasteiger partial charge in [-0.15, -0.1) is 0 Å². The molecule has 3 N–H and O–H groups in total. The highest BCUT2D eigenvalue weighted by molar-refractivity contribution is 5.81. The van der Waals surface area contributed by atoms with E-state index in [4.69, 9.17) is 5.73 Å². The molecule has 0 aliphatic rings. The van der Waals surface area contributed by atoms with Gasteiger partial charge in [0.2, 0.25) is 0 Å². The Balaban J connectivity index is 2.25. The summed E-state index contributed by atoms with van der Waals surface area (Å²) in [7, 11) is 0. The van der Waals surface area contributed by atoms with Gasteiger partial charge in [0.25, 0.3) is 0 Å². The van der Waals surface area contributed by atoms with E-state index in [2.05, 4.69) is 41.4 Å². The van der Waals surface area contributed by atoms with Crippen LogP contribution in [0.25, 0.3) is 17.0 Å². The lowest BCUT2D eigenvalue weighted by Crippen LogP contribution is -1.94. The van der Waals surface area contributed by atoms with Crippen LogP contribution in [0.3, 0.4) is 0 Å². The van der Waals surface area contributed by atoms with Crippen LogP contribution in [0.5, 0.6) is 0 Å². The average molecular weight is 186 g/mol. The largest absolute Gasteiger partial charge is 0.361 e. The maximum atomic E-state index is 5.41. The molecule has 0 fully saturated rings. The summed E-state index contributed by atoms with van der Waals surface area (Å²) in [6.07, 6.45) is 7.10. The molecule has 0 saturated heterocycles. The van der Waals surface area contributed by atoms with Crippen molar-refractivity contribution in [1.29, 1.82) is 0 Å².